The molecule has 118 valence electrons. The Labute approximate surface area is 126 Å². The highest BCUT2D eigenvalue weighted by Gasteiger charge is 2.37. The predicted molar refractivity (Wildman–Crippen MR) is 82.1 cm³/mol. The SMILES string of the molecule is CCN(C(C)c1cc(OC)ccc1OC)C(C)(C)C(=O)O. The Hall–Kier alpha value is -1.75. The summed E-state index contributed by atoms with van der Waals surface area (Å²) in [6.45, 7) is 7.96. The standard InChI is InChI=1S/C16H25NO4/c1-7-17(16(3,4)15(18)19)11(2)13-10-12(20-5)8-9-14(13)21-6/h8-11H,7H2,1-6H3,(H,18,19). The third-order valence-corrected chi connectivity index (χ3v) is 3.94. The molecule has 0 spiro atoms. The largest absolute Gasteiger partial charge is 0.497 e. The molecule has 1 unspecified atom stereocenters. The molecule has 1 rings (SSSR count). The number of hydrogen-bond acceptors (Lipinski definition) is 4. The Morgan fingerprint density at radius 3 is 2.38 bits per heavy atom. The van der Waals surface area contributed by atoms with Crippen molar-refractivity contribution in [2.75, 3.05) is 20.8 Å². The van der Waals surface area contributed by atoms with Gasteiger partial charge in [0, 0.05) is 11.6 Å². The minimum absolute atomic E-state index is 0.119. The van der Waals surface area contributed by atoms with E-state index in [1.54, 1.807) is 28.1 Å². The molecule has 0 heterocycles. The van der Waals surface area contributed by atoms with E-state index in [4.69, 9.17) is 9.47 Å². The fourth-order valence-corrected chi connectivity index (χ4v) is 2.61. The number of ether oxygens (including phenoxy) is 2. The number of carboxylic acids is 1. The van der Waals surface area contributed by atoms with Crippen LogP contribution in [0.5, 0.6) is 11.5 Å². The first-order valence-corrected chi connectivity index (χ1v) is 7.01. The minimum Gasteiger partial charge on any atom is -0.497 e. The molecule has 1 aromatic carbocycles. The van der Waals surface area contributed by atoms with Gasteiger partial charge in [-0.3, -0.25) is 9.69 Å². The molecule has 1 atom stereocenters. The van der Waals surface area contributed by atoms with Gasteiger partial charge in [-0.1, -0.05) is 6.92 Å². The Kier molecular flexibility index (Phi) is 5.61. The lowest BCUT2D eigenvalue weighted by molar-refractivity contribution is -0.150. The van der Waals surface area contributed by atoms with Crippen LogP contribution in [0, 0.1) is 0 Å². The van der Waals surface area contributed by atoms with Gasteiger partial charge in [-0.25, -0.2) is 0 Å². The lowest BCUT2D eigenvalue weighted by Crippen LogP contribution is -2.51. The molecule has 5 heteroatoms. The zero-order chi connectivity index (χ0) is 16.2. The third kappa shape index (κ3) is 3.47. The summed E-state index contributed by atoms with van der Waals surface area (Å²) in [5, 5.41) is 9.47. The molecule has 0 fully saturated rings. The van der Waals surface area contributed by atoms with Crippen molar-refractivity contribution >= 4 is 5.97 Å². The van der Waals surface area contributed by atoms with Gasteiger partial charge in [0.2, 0.25) is 0 Å². The summed E-state index contributed by atoms with van der Waals surface area (Å²) >= 11 is 0. The summed E-state index contributed by atoms with van der Waals surface area (Å²) in [5.41, 5.74) is -0.0598. The second-order valence-corrected chi connectivity index (χ2v) is 5.43. The maximum Gasteiger partial charge on any atom is 0.323 e. The molecular formula is C16H25NO4. The normalized spacial score (nSPS) is 13.1. The van der Waals surface area contributed by atoms with Crippen LogP contribution in [0.3, 0.4) is 0 Å². The van der Waals surface area contributed by atoms with Crippen molar-refractivity contribution in [2.45, 2.75) is 39.3 Å². The topological polar surface area (TPSA) is 59.0 Å². The van der Waals surface area contributed by atoms with E-state index in [0.29, 0.717) is 6.54 Å². The fraction of sp³-hybridized carbons (Fsp3) is 0.562. The number of carbonyl (C=O) groups is 1. The Bertz CT molecular complexity index is 499. The van der Waals surface area contributed by atoms with Gasteiger partial charge < -0.3 is 14.6 Å². The Balaban J connectivity index is 3.27. The highest BCUT2D eigenvalue weighted by Crippen LogP contribution is 2.35. The van der Waals surface area contributed by atoms with Gasteiger partial charge in [-0.05, 0) is 45.5 Å². The van der Waals surface area contributed by atoms with E-state index < -0.39 is 11.5 Å². The quantitative estimate of drug-likeness (QED) is 0.838. The average molecular weight is 295 g/mol. The molecule has 1 N–H and O–H groups in total. The molecule has 0 saturated heterocycles. The van der Waals surface area contributed by atoms with Crippen molar-refractivity contribution in [1.29, 1.82) is 0 Å². The Morgan fingerprint density at radius 1 is 1.33 bits per heavy atom. The first-order valence-electron chi connectivity index (χ1n) is 7.01. The van der Waals surface area contributed by atoms with E-state index in [2.05, 4.69) is 0 Å². The number of benzene rings is 1. The molecule has 0 aliphatic rings. The van der Waals surface area contributed by atoms with Gasteiger partial charge in [0.05, 0.1) is 14.2 Å². The summed E-state index contributed by atoms with van der Waals surface area (Å²) < 4.78 is 10.7. The van der Waals surface area contributed by atoms with E-state index in [0.717, 1.165) is 17.1 Å². The highest BCUT2D eigenvalue weighted by atomic mass is 16.5. The van der Waals surface area contributed by atoms with Crippen LogP contribution in [0.1, 0.15) is 39.3 Å². The molecule has 0 bridgehead atoms. The number of nitrogens with zero attached hydrogens (tertiary/aromatic N) is 1. The van der Waals surface area contributed by atoms with E-state index in [9.17, 15) is 9.90 Å². The van der Waals surface area contributed by atoms with Gasteiger partial charge in [0.1, 0.15) is 17.0 Å². The molecule has 0 amide bonds. The lowest BCUT2D eigenvalue weighted by atomic mass is 9.96. The maximum atomic E-state index is 11.5. The van der Waals surface area contributed by atoms with Gasteiger partial charge >= 0.3 is 5.97 Å². The molecule has 0 radical (unpaired) electrons. The fourth-order valence-electron chi connectivity index (χ4n) is 2.61. The van der Waals surface area contributed by atoms with Gasteiger partial charge in [-0.15, -0.1) is 0 Å². The van der Waals surface area contributed by atoms with Crippen LogP contribution in [0.4, 0.5) is 0 Å². The summed E-state index contributed by atoms with van der Waals surface area (Å²) in [5.74, 6) is 0.600. The molecule has 1 aromatic rings. The molecule has 0 aliphatic carbocycles. The summed E-state index contributed by atoms with van der Waals surface area (Å²) in [4.78, 5) is 13.5. The van der Waals surface area contributed by atoms with E-state index in [1.165, 1.54) is 0 Å². The van der Waals surface area contributed by atoms with Crippen LogP contribution in [-0.2, 0) is 4.79 Å². The van der Waals surface area contributed by atoms with Crippen LogP contribution < -0.4 is 9.47 Å². The molecule has 0 aliphatic heterocycles. The Morgan fingerprint density at radius 2 is 1.95 bits per heavy atom. The van der Waals surface area contributed by atoms with E-state index in [1.807, 2.05) is 36.9 Å². The van der Waals surface area contributed by atoms with Crippen LogP contribution in [0.2, 0.25) is 0 Å². The highest BCUT2D eigenvalue weighted by molar-refractivity contribution is 5.77. The number of methoxy groups -OCH3 is 2. The van der Waals surface area contributed by atoms with Crippen LogP contribution >= 0.6 is 0 Å². The predicted octanol–water partition coefficient (Wildman–Crippen LogP) is 2.95. The van der Waals surface area contributed by atoms with E-state index >= 15 is 0 Å². The maximum absolute atomic E-state index is 11.5. The van der Waals surface area contributed by atoms with Gasteiger partial charge in [0.15, 0.2) is 0 Å². The number of rotatable bonds is 7. The average Bonchev–Trinajstić information content (AvgIpc) is 2.46. The summed E-state index contributed by atoms with van der Waals surface area (Å²) in [6, 6.07) is 5.44. The zero-order valence-electron chi connectivity index (χ0n) is 13.6. The number of carboxylic acid groups (broad SMARTS) is 1. The van der Waals surface area contributed by atoms with Crippen molar-refractivity contribution in [2.24, 2.45) is 0 Å². The van der Waals surface area contributed by atoms with Gasteiger partial charge in [-0.2, -0.15) is 0 Å². The van der Waals surface area contributed by atoms with E-state index in [-0.39, 0.29) is 6.04 Å². The molecule has 0 saturated carbocycles. The number of hydrogen-bond donors (Lipinski definition) is 1. The monoisotopic (exact) mass is 295 g/mol. The van der Waals surface area contributed by atoms with Crippen LogP contribution in [0.25, 0.3) is 0 Å². The second kappa shape index (κ2) is 6.80. The van der Waals surface area contributed by atoms with Crippen LogP contribution in [0.15, 0.2) is 18.2 Å². The lowest BCUT2D eigenvalue weighted by Gasteiger charge is -2.39. The van der Waals surface area contributed by atoms with Crippen LogP contribution in [-0.4, -0.2) is 42.3 Å². The van der Waals surface area contributed by atoms with Gasteiger partial charge in [0.25, 0.3) is 0 Å². The summed E-state index contributed by atoms with van der Waals surface area (Å²) in [6.07, 6.45) is 0. The molecule has 0 aromatic heterocycles. The molecular weight excluding hydrogens is 270 g/mol. The molecule has 5 nitrogen and oxygen atoms in total. The second-order valence-electron chi connectivity index (χ2n) is 5.43. The summed E-state index contributed by atoms with van der Waals surface area (Å²) in [7, 11) is 3.21. The first-order chi connectivity index (χ1) is 9.79. The van der Waals surface area contributed by atoms with Crippen molar-refractivity contribution in [1.82, 2.24) is 4.90 Å². The van der Waals surface area contributed by atoms with Crippen molar-refractivity contribution in [3.8, 4) is 11.5 Å². The zero-order valence-corrected chi connectivity index (χ0v) is 13.6. The third-order valence-electron chi connectivity index (χ3n) is 3.94. The minimum atomic E-state index is -0.970. The number of aliphatic carboxylic acids is 1. The molecule has 21 heavy (non-hydrogen) atoms. The first kappa shape index (κ1) is 17.3. The van der Waals surface area contributed by atoms with Crippen molar-refractivity contribution < 1.29 is 19.4 Å². The smallest absolute Gasteiger partial charge is 0.323 e. The van der Waals surface area contributed by atoms with Crippen molar-refractivity contribution in [3.63, 3.8) is 0 Å². The number of likely N-dealkylation sites (N-methyl/N-ethyl adjacent to an activating group) is 1. The van der Waals surface area contributed by atoms with Crippen molar-refractivity contribution in [3.05, 3.63) is 23.8 Å².